The molecule has 0 saturated carbocycles. The Morgan fingerprint density at radius 2 is 1.91 bits per heavy atom. The Balaban J connectivity index is 5.40. The number of nitrogens with two attached hydrogens (primary N) is 1. The second-order valence-corrected chi connectivity index (χ2v) is 4.34. The van der Waals surface area contributed by atoms with Crippen LogP contribution in [-0.4, -0.2) is 12.4 Å². The molecule has 0 aliphatic carbocycles. The number of hydrogen-bond donors (Lipinski definition) is 1. The van der Waals surface area contributed by atoms with Crippen LogP contribution in [0.25, 0.3) is 0 Å². The number of alkyl halides is 3. The largest absolute Gasteiger partial charge is 0.409 e. The van der Waals surface area contributed by atoms with Gasteiger partial charge < -0.3 is 5.73 Å². The summed E-state index contributed by atoms with van der Waals surface area (Å²) in [7, 11) is 0. The highest BCUT2D eigenvalue weighted by atomic mass is 19.4. The van der Waals surface area contributed by atoms with Gasteiger partial charge in [-0.3, -0.25) is 0 Å². The van der Waals surface area contributed by atoms with Gasteiger partial charge in [-0.25, -0.2) is 4.99 Å². The van der Waals surface area contributed by atoms with E-state index in [-0.39, 0.29) is 17.5 Å². The number of rotatable bonds is 6. The van der Waals surface area contributed by atoms with Gasteiger partial charge in [-0.2, -0.15) is 18.4 Å². The Labute approximate surface area is 134 Å². The first-order valence-electron chi connectivity index (χ1n) is 6.98. The molecular weight excluding hydrogens is 303 g/mol. The number of allylic oxidation sites excluding steroid dienone is 8. The van der Waals surface area contributed by atoms with Crippen molar-refractivity contribution in [1.82, 2.24) is 0 Å². The van der Waals surface area contributed by atoms with Crippen molar-refractivity contribution < 1.29 is 13.2 Å². The monoisotopic (exact) mass is 323 g/mol. The maximum Gasteiger partial charge on any atom is 0.409 e. The van der Waals surface area contributed by atoms with E-state index in [4.69, 9.17) is 11.0 Å². The van der Waals surface area contributed by atoms with E-state index in [1.807, 2.05) is 13.0 Å². The normalized spacial score (nSPS) is 15.5. The number of halogens is 3. The Morgan fingerprint density at radius 1 is 1.26 bits per heavy atom. The third-order valence-electron chi connectivity index (χ3n) is 2.64. The molecule has 0 radical (unpaired) electrons. The summed E-state index contributed by atoms with van der Waals surface area (Å²) >= 11 is 0. The predicted molar refractivity (Wildman–Crippen MR) is 87.5 cm³/mol. The summed E-state index contributed by atoms with van der Waals surface area (Å²) in [4.78, 5) is 4.06. The van der Waals surface area contributed by atoms with Gasteiger partial charge in [0.25, 0.3) is 0 Å². The lowest BCUT2D eigenvalue weighted by atomic mass is 10.0. The molecule has 0 unspecified atom stereocenters. The molecule has 0 amide bonds. The SMILES string of the molecule is CC=C(C(/C=N\C(C#N)=C\CC)=C/C)/C(N)=C\C=C\C(F)(F)F. The number of aliphatic imine (C=N–C) groups is 1. The Bertz CT molecular complexity index is 610. The summed E-state index contributed by atoms with van der Waals surface area (Å²) in [5, 5.41) is 8.92. The molecule has 0 saturated heterocycles. The molecule has 0 aliphatic heterocycles. The maximum atomic E-state index is 12.1. The average molecular weight is 323 g/mol. The first kappa shape index (κ1) is 20.5. The molecule has 124 valence electrons. The average Bonchev–Trinajstić information content (AvgIpc) is 2.48. The molecular formula is C17H20F3N3. The second kappa shape index (κ2) is 10.2. The number of nitriles is 1. The molecule has 0 fully saturated rings. The van der Waals surface area contributed by atoms with Crippen molar-refractivity contribution in [2.75, 3.05) is 0 Å². The zero-order chi connectivity index (χ0) is 17.9. The van der Waals surface area contributed by atoms with E-state index in [1.165, 1.54) is 12.3 Å². The zero-order valence-corrected chi connectivity index (χ0v) is 13.4. The maximum absolute atomic E-state index is 12.1. The fourth-order valence-corrected chi connectivity index (χ4v) is 1.61. The van der Waals surface area contributed by atoms with Crippen molar-refractivity contribution >= 4 is 6.21 Å². The van der Waals surface area contributed by atoms with Crippen LogP contribution >= 0.6 is 0 Å². The van der Waals surface area contributed by atoms with Crippen LogP contribution in [0.2, 0.25) is 0 Å². The van der Waals surface area contributed by atoms with E-state index >= 15 is 0 Å². The van der Waals surface area contributed by atoms with Gasteiger partial charge in [-0.1, -0.05) is 25.2 Å². The molecule has 23 heavy (non-hydrogen) atoms. The van der Waals surface area contributed by atoms with E-state index in [9.17, 15) is 13.2 Å². The molecule has 0 heterocycles. The Kier molecular flexibility index (Phi) is 9.09. The Hall–Kier alpha value is -2.55. The lowest BCUT2D eigenvalue weighted by Gasteiger charge is -2.07. The van der Waals surface area contributed by atoms with Crippen molar-refractivity contribution in [3.05, 3.63) is 59.0 Å². The molecule has 0 aromatic rings. The predicted octanol–water partition coefficient (Wildman–Crippen LogP) is 4.73. The van der Waals surface area contributed by atoms with E-state index in [2.05, 4.69) is 4.99 Å². The van der Waals surface area contributed by atoms with Crippen LogP contribution in [0.15, 0.2) is 64.0 Å². The molecule has 0 atom stereocenters. The van der Waals surface area contributed by atoms with E-state index < -0.39 is 6.18 Å². The van der Waals surface area contributed by atoms with Gasteiger partial charge in [0.1, 0.15) is 11.8 Å². The quantitative estimate of drug-likeness (QED) is 0.436. The van der Waals surface area contributed by atoms with Crippen LogP contribution < -0.4 is 5.73 Å². The van der Waals surface area contributed by atoms with Crippen LogP contribution in [0, 0.1) is 11.3 Å². The summed E-state index contributed by atoms with van der Waals surface area (Å²) in [6.45, 7) is 5.35. The van der Waals surface area contributed by atoms with Gasteiger partial charge in [-0.15, -0.1) is 0 Å². The molecule has 3 nitrogen and oxygen atoms in total. The highest BCUT2D eigenvalue weighted by molar-refractivity contribution is 5.87. The van der Waals surface area contributed by atoms with Crippen molar-refractivity contribution in [2.24, 2.45) is 10.7 Å². The second-order valence-electron chi connectivity index (χ2n) is 4.34. The van der Waals surface area contributed by atoms with E-state index in [1.54, 1.807) is 32.1 Å². The zero-order valence-electron chi connectivity index (χ0n) is 13.4. The van der Waals surface area contributed by atoms with Crippen LogP contribution in [0.1, 0.15) is 27.2 Å². The van der Waals surface area contributed by atoms with Crippen LogP contribution in [-0.2, 0) is 0 Å². The number of nitrogens with zero attached hydrogens (tertiary/aromatic N) is 2. The van der Waals surface area contributed by atoms with Crippen molar-refractivity contribution in [1.29, 1.82) is 5.26 Å². The minimum atomic E-state index is -4.38. The molecule has 0 rings (SSSR count). The standard InChI is InChI=1S/C17H20F3N3/c1-4-8-14(11-21)23-12-13(5-2)15(6-3)16(22)9-7-10-17(18,19)20/h5-10,12H,4,22H2,1-3H3/b10-7+,13-5+,14-8+,15-6?,16-9+,23-12-. The molecule has 0 aliphatic rings. The summed E-state index contributed by atoms with van der Waals surface area (Å²) in [6.07, 6.45) is 4.94. The number of hydrogen-bond acceptors (Lipinski definition) is 3. The third kappa shape index (κ3) is 8.47. The molecule has 0 spiro atoms. The van der Waals surface area contributed by atoms with Crippen LogP contribution in [0.5, 0.6) is 0 Å². The van der Waals surface area contributed by atoms with Crippen molar-refractivity contribution in [2.45, 2.75) is 33.4 Å². The van der Waals surface area contributed by atoms with E-state index in [0.717, 1.165) is 6.08 Å². The smallest absolute Gasteiger partial charge is 0.398 e. The van der Waals surface area contributed by atoms with Gasteiger partial charge >= 0.3 is 6.18 Å². The molecule has 2 N–H and O–H groups in total. The van der Waals surface area contributed by atoms with Crippen molar-refractivity contribution in [3.63, 3.8) is 0 Å². The van der Waals surface area contributed by atoms with Gasteiger partial charge in [0, 0.05) is 23.6 Å². The molecule has 0 aromatic heterocycles. The fourth-order valence-electron chi connectivity index (χ4n) is 1.61. The third-order valence-corrected chi connectivity index (χ3v) is 2.64. The summed E-state index contributed by atoms with van der Waals surface area (Å²) < 4.78 is 36.3. The highest BCUT2D eigenvalue weighted by Gasteiger charge is 2.21. The van der Waals surface area contributed by atoms with Crippen molar-refractivity contribution in [3.8, 4) is 6.07 Å². The molecule has 0 bridgehead atoms. The summed E-state index contributed by atoms with van der Waals surface area (Å²) in [5.41, 5.74) is 7.41. The lowest BCUT2D eigenvalue weighted by molar-refractivity contribution is -0.0798. The minimum absolute atomic E-state index is 0.105. The van der Waals surface area contributed by atoms with Gasteiger partial charge in [0.2, 0.25) is 0 Å². The fraction of sp³-hybridized carbons (Fsp3) is 0.294. The molecule has 6 heteroatoms. The summed E-state index contributed by atoms with van der Waals surface area (Å²) in [6, 6.07) is 1.95. The Morgan fingerprint density at radius 3 is 2.35 bits per heavy atom. The van der Waals surface area contributed by atoms with Gasteiger partial charge in [-0.05, 0) is 38.0 Å². The van der Waals surface area contributed by atoms with E-state index in [0.29, 0.717) is 17.6 Å². The first-order chi connectivity index (χ1) is 10.8. The summed E-state index contributed by atoms with van der Waals surface area (Å²) in [5.74, 6) is 0. The molecule has 0 aromatic carbocycles. The van der Waals surface area contributed by atoms with Gasteiger partial charge in [0.05, 0.1) is 0 Å². The van der Waals surface area contributed by atoms with Crippen LogP contribution in [0.4, 0.5) is 13.2 Å². The van der Waals surface area contributed by atoms with Gasteiger partial charge in [0.15, 0.2) is 0 Å². The topological polar surface area (TPSA) is 62.2 Å². The van der Waals surface area contributed by atoms with Crippen LogP contribution in [0.3, 0.4) is 0 Å². The minimum Gasteiger partial charge on any atom is -0.398 e. The lowest BCUT2D eigenvalue weighted by Crippen LogP contribution is -2.05. The highest BCUT2D eigenvalue weighted by Crippen LogP contribution is 2.18. The first-order valence-corrected chi connectivity index (χ1v) is 6.98.